The summed E-state index contributed by atoms with van der Waals surface area (Å²) in [5, 5.41) is 5.63. The first kappa shape index (κ1) is 17.6. The van der Waals surface area contributed by atoms with Crippen LogP contribution >= 0.6 is 0 Å². The molecule has 0 spiro atoms. The molecular weight excluding hydrogens is 304 g/mol. The van der Waals surface area contributed by atoms with E-state index in [4.69, 9.17) is 5.73 Å². The molecule has 1 heterocycles. The molecule has 0 aliphatic heterocycles. The van der Waals surface area contributed by atoms with Crippen LogP contribution in [-0.2, 0) is 6.54 Å². The minimum Gasteiger partial charge on any atom is -0.352 e. The minimum atomic E-state index is -0.309. The van der Waals surface area contributed by atoms with Crippen molar-refractivity contribution >= 4 is 17.5 Å². The Morgan fingerprint density at radius 1 is 1.17 bits per heavy atom. The summed E-state index contributed by atoms with van der Waals surface area (Å²) in [5.74, 6) is -0.171. The van der Waals surface area contributed by atoms with E-state index in [0.717, 1.165) is 0 Å². The summed E-state index contributed by atoms with van der Waals surface area (Å²) in [7, 11) is 0. The Morgan fingerprint density at radius 3 is 2.62 bits per heavy atom. The third-order valence-corrected chi connectivity index (χ3v) is 3.38. The Labute approximate surface area is 141 Å². The summed E-state index contributed by atoms with van der Waals surface area (Å²) < 4.78 is 0. The van der Waals surface area contributed by atoms with E-state index >= 15 is 0 Å². The highest BCUT2D eigenvalue weighted by molar-refractivity contribution is 6.09. The molecule has 0 aliphatic rings. The predicted octanol–water partition coefficient (Wildman–Crippen LogP) is 2.18. The predicted molar refractivity (Wildman–Crippen MR) is 93.7 cm³/mol. The largest absolute Gasteiger partial charge is 0.352 e. The lowest BCUT2D eigenvalue weighted by molar-refractivity contribution is 0.0950. The standard InChI is InChI=1S/C18H22N4O2/c1-12(2)11-21-18(24)15-5-3-4-6-16(15)22-17(23)13-7-8-20-14(9-13)10-19/h3-9,12H,10-11,19H2,1-2H3,(H,21,24)(H,22,23). The Bertz CT molecular complexity index is 728. The fourth-order valence-electron chi connectivity index (χ4n) is 2.11. The van der Waals surface area contributed by atoms with Gasteiger partial charge in [-0.05, 0) is 30.2 Å². The average molecular weight is 326 g/mol. The van der Waals surface area contributed by atoms with Gasteiger partial charge in [0.2, 0.25) is 0 Å². The van der Waals surface area contributed by atoms with Crippen LogP contribution in [0.4, 0.5) is 5.69 Å². The lowest BCUT2D eigenvalue weighted by atomic mass is 10.1. The van der Waals surface area contributed by atoms with Crippen LogP contribution in [0.3, 0.4) is 0 Å². The summed E-state index contributed by atoms with van der Waals surface area (Å²) in [4.78, 5) is 28.8. The van der Waals surface area contributed by atoms with E-state index in [1.807, 2.05) is 13.8 Å². The molecule has 6 nitrogen and oxygen atoms in total. The fraction of sp³-hybridized carbons (Fsp3) is 0.278. The van der Waals surface area contributed by atoms with Crippen molar-refractivity contribution in [3.63, 3.8) is 0 Å². The fourth-order valence-corrected chi connectivity index (χ4v) is 2.11. The van der Waals surface area contributed by atoms with Gasteiger partial charge >= 0.3 is 0 Å². The maximum Gasteiger partial charge on any atom is 0.255 e. The van der Waals surface area contributed by atoms with Crippen LogP contribution in [0.2, 0.25) is 0 Å². The van der Waals surface area contributed by atoms with Crippen molar-refractivity contribution in [1.82, 2.24) is 10.3 Å². The average Bonchev–Trinajstić information content (AvgIpc) is 2.60. The van der Waals surface area contributed by atoms with Crippen LogP contribution in [0.1, 0.15) is 40.3 Å². The zero-order chi connectivity index (χ0) is 17.5. The number of carbonyl (C=O) groups is 2. The van der Waals surface area contributed by atoms with Gasteiger partial charge in [0.05, 0.1) is 16.9 Å². The summed E-state index contributed by atoms with van der Waals surface area (Å²) in [5.41, 5.74) is 7.52. The molecule has 2 rings (SSSR count). The van der Waals surface area contributed by atoms with Crippen molar-refractivity contribution in [2.45, 2.75) is 20.4 Å². The number of nitrogens with zero attached hydrogens (tertiary/aromatic N) is 1. The van der Waals surface area contributed by atoms with Gasteiger partial charge in [-0.3, -0.25) is 14.6 Å². The molecular formula is C18H22N4O2. The first-order chi connectivity index (χ1) is 11.5. The van der Waals surface area contributed by atoms with E-state index < -0.39 is 0 Å². The molecule has 1 aromatic carbocycles. The van der Waals surface area contributed by atoms with E-state index in [0.29, 0.717) is 35.0 Å². The quantitative estimate of drug-likeness (QED) is 0.758. The zero-order valence-corrected chi connectivity index (χ0v) is 13.9. The third kappa shape index (κ3) is 4.63. The molecule has 0 unspecified atom stereocenters. The van der Waals surface area contributed by atoms with Crippen LogP contribution in [0.15, 0.2) is 42.6 Å². The Hall–Kier alpha value is -2.73. The highest BCUT2D eigenvalue weighted by Crippen LogP contribution is 2.16. The van der Waals surface area contributed by atoms with E-state index in [1.165, 1.54) is 0 Å². The second kappa shape index (κ2) is 8.21. The summed E-state index contributed by atoms with van der Waals surface area (Å²) in [6, 6.07) is 10.2. The molecule has 0 aliphatic carbocycles. The number of anilines is 1. The molecule has 0 bridgehead atoms. The van der Waals surface area contributed by atoms with E-state index in [1.54, 1.807) is 42.6 Å². The third-order valence-electron chi connectivity index (χ3n) is 3.38. The molecule has 24 heavy (non-hydrogen) atoms. The maximum absolute atomic E-state index is 12.4. The lowest BCUT2D eigenvalue weighted by Gasteiger charge is -2.12. The molecule has 2 amide bonds. The number of nitrogens with one attached hydrogen (secondary N) is 2. The van der Waals surface area contributed by atoms with Gasteiger partial charge in [-0.15, -0.1) is 0 Å². The van der Waals surface area contributed by atoms with Crippen LogP contribution in [-0.4, -0.2) is 23.3 Å². The van der Waals surface area contributed by atoms with Crippen molar-refractivity contribution in [1.29, 1.82) is 0 Å². The molecule has 0 saturated heterocycles. The minimum absolute atomic E-state index is 0.211. The van der Waals surface area contributed by atoms with Crippen molar-refractivity contribution in [3.05, 3.63) is 59.4 Å². The first-order valence-electron chi connectivity index (χ1n) is 7.85. The highest BCUT2D eigenvalue weighted by Gasteiger charge is 2.14. The number of hydrogen-bond donors (Lipinski definition) is 3. The normalized spacial score (nSPS) is 10.5. The number of rotatable bonds is 6. The number of nitrogens with two attached hydrogens (primary N) is 1. The maximum atomic E-state index is 12.4. The molecule has 0 atom stereocenters. The van der Waals surface area contributed by atoms with Gasteiger partial charge in [-0.25, -0.2) is 0 Å². The van der Waals surface area contributed by atoms with Gasteiger partial charge in [0.25, 0.3) is 11.8 Å². The molecule has 0 radical (unpaired) electrons. The van der Waals surface area contributed by atoms with Gasteiger partial charge in [0, 0.05) is 24.8 Å². The van der Waals surface area contributed by atoms with E-state index in [2.05, 4.69) is 15.6 Å². The van der Waals surface area contributed by atoms with Crippen molar-refractivity contribution < 1.29 is 9.59 Å². The second-order valence-corrected chi connectivity index (χ2v) is 5.84. The van der Waals surface area contributed by atoms with E-state index in [9.17, 15) is 9.59 Å². The molecule has 0 saturated carbocycles. The van der Waals surface area contributed by atoms with Crippen LogP contribution < -0.4 is 16.4 Å². The number of carbonyl (C=O) groups excluding carboxylic acids is 2. The second-order valence-electron chi connectivity index (χ2n) is 5.84. The zero-order valence-electron chi connectivity index (χ0n) is 13.9. The monoisotopic (exact) mass is 326 g/mol. The molecule has 0 fully saturated rings. The Balaban J connectivity index is 2.17. The van der Waals surface area contributed by atoms with Crippen LogP contribution in [0, 0.1) is 5.92 Å². The van der Waals surface area contributed by atoms with Crippen molar-refractivity contribution in [2.24, 2.45) is 11.7 Å². The number of amides is 2. The molecule has 126 valence electrons. The van der Waals surface area contributed by atoms with Gasteiger partial charge < -0.3 is 16.4 Å². The number of aromatic nitrogens is 1. The number of hydrogen-bond acceptors (Lipinski definition) is 4. The summed E-state index contributed by atoms with van der Waals surface area (Å²) >= 11 is 0. The van der Waals surface area contributed by atoms with Gasteiger partial charge in [-0.2, -0.15) is 0 Å². The summed E-state index contributed by atoms with van der Waals surface area (Å²) in [6.07, 6.45) is 1.54. The van der Waals surface area contributed by atoms with E-state index in [-0.39, 0.29) is 18.4 Å². The smallest absolute Gasteiger partial charge is 0.255 e. The lowest BCUT2D eigenvalue weighted by Crippen LogP contribution is -2.28. The Morgan fingerprint density at radius 2 is 1.92 bits per heavy atom. The SMILES string of the molecule is CC(C)CNC(=O)c1ccccc1NC(=O)c1ccnc(CN)c1. The molecule has 6 heteroatoms. The molecule has 2 aromatic rings. The number of pyridine rings is 1. The van der Waals surface area contributed by atoms with Gasteiger partial charge in [0.15, 0.2) is 0 Å². The van der Waals surface area contributed by atoms with Gasteiger partial charge in [-0.1, -0.05) is 26.0 Å². The van der Waals surface area contributed by atoms with Crippen molar-refractivity contribution in [3.8, 4) is 0 Å². The van der Waals surface area contributed by atoms with Crippen LogP contribution in [0.25, 0.3) is 0 Å². The number of para-hydroxylation sites is 1. The van der Waals surface area contributed by atoms with Crippen molar-refractivity contribution in [2.75, 3.05) is 11.9 Å². The van der Waals surface area contributed by atoms with Crippen LogP contribution in [0.5, 0.6) is 0 Å². The molecule has 1 aromatic heterocycles. The Kier molecular flexibility index (Phi) is 6.03. The topological polar surface area (TPSA) is 97.1 Å². The summed E-state index contributed by atoms with van der Waals surface area (Å²) in [6.45, 7) is 4.87. The highest BCUT2D eigenvalue weighted by atomic mass is 16.2. The van der Waals surface area contributed by atoms with Gasteiger partial charge in [0.1, 0.15) is 0 Å². The number of benzene rings is 1. The first-order valence-corrected chi connectivity index (χ1v) is 7.85. The molecule has 4 N–H and O–H groups in total.